The van der Waals surface area contributed by atoms with Gasteiger partial charge in [-0.15, -0.1) is 0 Å². The Balaban J connectivity index is 1.70. The van der Waals surface area contributed by atoms with Gasteiger partial charge in [0.05, 0.1) is 6.21 Å². The van der Waals surface area contributed by atoms with Crippen LogP contribution < -0.4 is 14.9 Å². The van der Waals surface area contributed by atoms with Crippen molar-refractivity contribution in [2.24, 2.45) is 5.10 Å². The predicted molar refractivity (Wildman–Crippen MR) is 108 cm³/mol. The summed E-state index contributed by atoms with van der Waals surface area (Å²) in [5, 5.41) is 3.99. The standard InChI is InChI=1S/C21H17BrN2O3/c22-19-14-8-7-9-16(19)15-23-24-20(25)21(26-17-10-3-1-4-11-17)27-18-12-5-2-6-13-18/h1-15,21H,(H,24,25). The van der Waals surface area contributed by atoms with E-state index in [0.29, 0.717) is 11.5 Å². The molecule has 0 aromatic heterocycles. The van der Waals surface area contributed by atoms with Crippen LogP contribution in [0, 0.1) is 0 Å². The lowest BCUT2D eigenvalue weighted by molar-refractivity contribution is -0.140. The number of para-hydroxylation sites is 2. The second-order valence-electron chi connectivity index (χ2n) is 5.45. The molecular formula is C21H17BrN2O3. The normalized spacial score (nSPS) is 10.7. The van der Waals surface area contributed by atoms with E-state index in [0.717, 1.165) is 10.0 Å². The molecule has 3 aromatic rings. The molecule has 0 bridgehead atoms. The van der Waals surface area contributed by atoms with Gasteiger partial charge in [0.2, 0.25) is 0 Å². The van der Waals surface area contributed by atoms with Gasteiger partial charge in [0.15, 0.2) is 0 Å². The molecule has 0 aliphatic heterocycles. The van der Waals surface area contributed by atoms with E-state index in [-0.39, 0.29) is 0 Å². The molecule has 0 aliphatic rings. The van der Waals surface area contributed by atoms with Crippen molar-refractivity contribution in [3.8, 4) is 11.5 Å². The lowest BCUT2D eigenvalue weighted by Gasteiger charge is -2.18. The van der Waals surface area contributed by atoms with Crippen LogP contribution in [0.15, 0.2) is 94.5 Å². The summed E-state index contributed by atoms with van der Waals surface area (Å²) in [7, 11) is 0. The monoisotopic (exact) mass is 424 g/mol. The van der Waals surface area contributed by atoms with E-state index in [1.807, 2.05) is 60.7 Å². The van der Waals surface area contributed by atoms with Gasteiger partial charge in [0.25, 0.3) is 0 Å². The van der Waals surface area contributed by atoms with E-state index in [1.165, 1.54) is 0 Å². The van der Waals surface area contributed by atoms with Crippen LogP contribution in [0.5, 0.6) is 11.5 Å². The van der Waals surface area contributed by atoms with Crippen LogP contribution in [0.3, 0.4) is 0 Å². The highest BCUT2D eigenvalue weighted by atomic mass is 79.9. The lowest BCUT2D eigenvalue weighted by atomic mass is 10.2. The van der Waals surface area contributed by atoms with Gasteiger partial charge >= 0.3 is 12.2 Å². The van der Waals surface area contributed by atoms with Crippen molar-refractivity contribution in [2.45, 2.75) is 6.29 Å². The van der Waals surface area contributed by atoms with Gasteiger partial charge in [-0.2, -0.15) is 5.10 Å². The number of nitrogens with zero attached hydrogens (tertiary/aromatic N) is 1. The minimum atomic E-state index is -1.19. The minimum absolute atomic E-state index is 0.517. The third kappa shape index (κ3) is 5.69. The first-order valence-corrected chi connectivity index (χ1v) is 9.02. The average Bonchev–Trinajstić information content (AvgIpc) is 2.70. The van der Waals surface area contributed by atoms with Crippen LogP contribution in [0.1, 0.15) is 5.56 Å². The van der Waals surface area contributed by atoms with Gasteiger partial charge in [-0.05, 0) is 30.3 Å². The Morgan fingerprint density at radius 1 is 0.852 bits per heavy atom. The number of nitrogens with one attached hydrogen (secondary N) is 1. The molecule has 27 heavy (non-hydrogen) atoms. The number of benzene rings is 3. The molecule has 1 amide bonds. The van der Waals surface area contributed by atoms with Gasteiger partial charge < -0.3 is 9.47 Å². The quantitative estimate of drug-likeness (QED) is 0.347. The van der Waals surface area contributed by atoms with Crippen LogP contribution in [0.25, 0.3) is 0 Å². The number of amides is 1. The smallest absolute Gasteiger partial charge is 0.323 e. The van der Waals surface area contributed by atoms with Crippen molar-refractivity contribution in [1.29, 1.82) is 0 Å². The van der Waals surface area contributed by atoms with E-state index >= 15 is 0 Å². The molecule has 0 unspecified atom stereocenters. The summed E-state index contributed by atoms with van der Waals surface area (Å²) >= 11 is 3.43. The van der Waals surface area contributed by atoms with Crippen molar-refractivity contribution >= 4 is 28.1 Å². The summed E-state index contributed by atoms with van der Waals surface area (Å²) in [4.78, 5) is 12.5. The predicted octanol–water partition coefficient (Wildman–Crippen LogP) is 4.38. The van der Waals surface area contributed by atoms with E-state index in [9.17, 15) is 4.79 Å². The second-order valence-corrected chi connectivity index (χ2v) is 6.30. The zero-order chi connectivity index (χ0) is 18.9. The fourth-order valence-electron chi connectivity index (χ4n) is 2.17. The third-order valence-electron chi connectivity index (χ3n) is 3.47. The van der Waals surface area contributed by atoms with E-state index in [2.05, 4.69) is 26.5 Å². The van der Waals surface area contributed by atoms with Gasteiger partial charge in [-0.3, -0.25) is 4.79 Å². The zero-order valence-corrected chi connectivity index (χ0v) is 15.9. The Bertz CT molecular complexity index is 860. The number of hydrazone groups is 1. The van der Waals surface area contributed by atoms with Crippen LogP contribution in [0.2, 0.25) is 0 Å². The van der Waals surface area contributed by atoms with Crippen LogP contribution in [-0.2, 0) is 4.79 Å². The molecule has 3 rings (SSSR count). The van der Waals surface area contributed by atoms with Crippen molar-refractivity contribution in [2.75, 3.05) is 0 Å². The summed E-state index contributed by atoms with van der Waals surface area (Å²) in [5.41, 5.74) is 3.29. The highest BCUT2D eigenvalue weighted by Crippen LogP contribution is 2.16. The Kier molecular flexibility index (Phi) is 6.60. The summed E-state index contributed by atoms with van der Waals surface area (Å²) in [6.45, 7) is 0. The molecule has 0 atom stereocenters. The Labute approximate surface area is 165 Å². The number of halogens is 1. The lowest BCUT2D eigenvalue weighted by Crippen LogP contribution is -2.40. The second kappa shape index (κ2) is 9.54. The molecule has 0 fully saturated rings. The molecular weight excluding hydrogens is 408 g/mol. The molecule has 0 saturated carbocycles. The maximum absolute atomic E-state index is 12.5. The van der Waals surface area contributed by atoms with Crippen LogP contribution in [0.4, 0.5) is 0 Å². The minimum Gasteiger partial charge on any atom is -0.446 e. The summed E-state index contributed by atoms with van der Waals surface area (Å²) in [6, 6.07) is 25.5. The zero-order valence-electron chi connectivity index (χ0n) is 14.3. The van der Waals surface area contributed by atoms with Crippen molar-refractivity contribution in [1.82, 2.24) is 5.43 Å². The van der Waals surface area contributed by atoms with E-state index in [4.69, 9.17) is 9.47 Å². The molecule has 0 aliphatic carbocycles. The highest BCUT2D eigenvalue weighted by molar-refractivity contribution is 9.10. The molecule has 5 nitrogen and oxygen atoms in total. The van der Waals surface area contributed by atoms with Gasteiger partial charge in [-0.1, -0.05) is 70.5 Å². The summed E-state index contributed by atoms with van der Waals surface area (Å²) < 4.78 is 12.3. The fraction of sp³-hybridized carbons (Fsp3) is 0.0476. The van der Waals surface area contributed by atoms with Crippen LogP contribution in [-0.4, -0.2) is 18.4 Å². The molecule has 1 N–H and O–H groups in total. The SMILES string of the molecule is O=C(NN=Cc1ccccc1Br)C(Oc1ccccc1)Oc1ccccc1. The van der Waals surface area contributed by atoms with Crippen molar-refractivity contribution < 1.29 is 14.3 Å². The molecule has 0 saturated heterocycles. The highest BCUT2D eigenvalue weighted by Gasteiger charge is 2.22. The van der Waals surface area contributed by atoms with Crippen molar-refractivity contribution in [3.05, 3.63) is 95.0 Å². The number of hydrogen-bond donors (Lipinski definition) is 1. The average molecular weight is 425 g/mol. The molecule has 3 aromatic carbocycles. The van der Waals surface area contributed by atoms with Gasteiger partial charge in [0, 0.05) is 10.0 Å². The van der Waals surface area contributed by atoms with E-state index < -0.39 is 12.2 Å². The topological polar surface area (TPSA) is 59.9 Å². The first-order chi connectivity index (χ1) is 13.2. The molecule has 6 heteroatoms. The maximum atomic E-state index is 12.5. The molecule has 0 spiro atoms. The van der Waals surface area contributed by atoms with E-state index in [1.54, 1.807) is 30.5 Å². The number of hydrogen-bond acceptors (Lipinski definition) is 4. The third-order valence-corrected chi connectivity index (χ3v) is 4.19. The maximum Gasteiger partial charge on any atom is 0.323 e. The fourth-order valence-corrected chi connectivity index (χ4v) is 2.56. The van der Waals surface area contributed by atoms with Crippen molar-refractivity contribution in [3.63, 3.8) is 0 Å². The summed E-state index contributed by atoms with van der Waals surface area (Å²) in [5.74, 6) is 0.512. The molecule has 136 valence electrons. The number of rotatable bonds is 7. The Morgan fingerprint density at radius 3 is 1.93 bits per heavy atom. The first-order valence-electron chi connectivity index (χ1n) is 8.23. The Hall–Kier alpha value is -3.12. The van der Waals surface area contributed by atoms with Gasteiger partial charge in [0.1, 0.15) is 11.5 Å². The number of carbonyl (C=O) groups excluding carboxylic acids is 1. The van der Waals surface area contributed by atoms with Crippen LogP contribution >= 0.6 is 15.9 Å². The number of ether oxygens (including phenoxy) is 2. The first kappa shape index (κ1) is 18.7. The molecule has 0 heterocycles. The Morgan fingerprint density at radius 2 is 1.37 bits per heavy atom. The largest absolute Gasteiger partial charge is 0.446 e. The van der Waals surface area contributed by atoms with Gasteiger partial charge in [-0.25, -0.2) is 5.43 Å². The molecule has 0 radical (unpaired) electrons. The summed E-state index contributed by atoms with van der Waals surface area (Å²) in [6.07, 6.45) is 0.357. The number of carbonyl (C=O) groups is 1.